The molecule has 0 bridgehead atoms. The Morgan fingerprint density at radius 3 is 1.72 bits per heavy atom. The van der Waals surface area contributed by atoms with Crippen LogP contribution >= 0.6 is 0 Å². The fourth-order valence-corrected chi connectivity index (χ4v) is 8.14. The second kappa shape index (κ2) is 7.00. The van der Waals surface area contributed by atoms with Crippen LogP contribution in [0, 0.1) is 0 Å². The largest absolute Gasteiger partial charge is 0.533 e. The van der Waals surface area contributed by atoms with Crippen molar-refractivity contribution in [2.75, 3.05) is 13.2 Å². The van der Waals surface area contributed by atoms with Crippen molar-refractivity contribution in [3.05, 3.63) is 30.3 Å². The molecule has 5 nitrogen and oxygen atoms in total. The van der Waals surface area contributed by atoms with Crippen LogP contribution in [0.1, 0.15) is 40.5 Å². The second-order valence-electron chi connectivity index (χ2n) is 7.00. The first-order chi connectivity index (χ1) is 12.0. The van der Waals surface area contributed by atoms with Crippen LogP contribution in [0.2, 0.25) is 6.55 Å². The van der Waals surface area contributed by atoms with E-state index in [2.05, 4.69) is 20.4 Å². The van der Waals surface area contributed by atoms with Gasteiger partial charge in [-0.05, 0) is 45.4 Å². The standard InChI is InChI=1S/C19H30O5Si/c1-6-13-20-18(15(3)22-18)25(5,24-17-11-9-8-10-12-17)19(16(4)23-19)21-14-7-2/h8-12,15-16H,6-7,13-14H2,1-5H3. The van der Waals surface area contributed by atoms with Crippen LogP contribution in [-0.2, 0) is 18.9 Å². The van der Waals surface area contributed by atoms with Crippen molar-refractivity contribution in [1.82, 2.24) is 0 Å². The summed E-state index contributed by atoms with van der Waals surface area (Å²) in [6.45, 7) is 11.6. The van der Waals surface area contributed by atoms with Gasteiger partial charge < -0.3 is 23.4 Å². The Morgan fingerprint density at radius 1 is 0.920 bits per heavy atom. The zero-order valence-corrected chi connectivity index (χ0v) is 16.9. The zero-order valence-electron chi connectivity index (χ0n) is 15.9. The summed E-state index contributed by atoms with van der Waals surface area (Å²) >= 11 is 0. The molecular weight excluding hydrogens is 336 g/mol. The molecule has 140 valence electrons. The van der Waals surface area contributed by atoms with Gasteiger partial charge in [-0.15, -0.1) is 0 Å². The molecule has 3 rings (SSSR count). The first-order valence-electron chi connectivity index (χ1n) is 9.33. The Hall–Kier alpha value is -0.923. The van der Waals surface area contributed by atoms with Crippen molar-refractivity contribution < 1.29 is 23.4 Å². The van der Waals surface area contributed by atoms with Crippen molar-refractivity contribution in [2.45, 2.75) is 70.1 Å². The van der Waals surface area contributed by atoms with E-state index in [0.29, 0.717) is 13.2 Å². The van der Waals surface area contributed by atoms with Crippen LogP contribution in [0.15, 0.2) is 30.3 Å². The van der Waals surface area contributed by atoms with Crippen molar-refractivity contribution in [2.24, 2.45) is 0 Å². The van der Waals surface area contributed by atoms with Gasteiger partial charge >= 0.3 is 8.32 Å². The highest BCUT2D eigenvalue weighted by molar-refractivity contribution is 6.79. The van der Waals surface area contributed by atoms with Gasteiger partial charge in [0.15, 0.2) is 0 Å². The maximum absolute atomic E-state index is 6.63. The predicted octanol–water partition coefficient (Wildman–Crippen LogP) is 3.80. The van der Waals surface area contributed by atoms with E-state index in [1.54, 1.807) is 0 Å². The monoisotopic (exact) mass is 366 g/mol. The van der Waals surface area contributed by atoms with Gasteiger partial charge in [-0.2, -0.15) is 0 Å². The van der Waals surface area contributed by atoms with E-state index in [0.717, 1.165) is 18.6 Å². The molecule has 0 amide bonds. The molecule has 0 spiro atoms. The first kappa shape index (κ1) is 18.9. The van der Waals surface area contributed by atoms with Gasteiger partial charge in [0.05, 0.1) is 0 Å². The van der Waals surface area contributed by atoms with Crippen molar-refractivity contribution in [3.8, 4) is 5.75 Å². The van der Waals surface area contributed by atoms with E-state index < -0.39 is 19.1 Å². The van der Waals surface area contributed by atoms with Crippen molar-refractivity contribution in [3.63, 3.8) is 0 Å². The van der Waals surface area contributed by atoms with Gasteiger partial charge in [0.25, 0.3) is 0 Å². The number of ether oxygens (including phenoxy) is 4. The Kier molecular flexibility index (Phi) is 5.28. The van der Waals surface area contributed by atoms with Crippen LogP contribution in [0.25, 0.3) is 0 Å². The predicted molar refractivity (Wildman–Crippen MR) is 97.7 cm³/mol. The molecule has 2 heterocycles. The Balaban J connectivity index is 1.96. The van der Waals surface area contributed by atoms with Gasteiger partial charge in [-0.1, -0.05) is 32.0 Å². The lowest BCUT2D eigenvalue weighted by molar-refractivity contribution is -0.0441. The van der Waals surface area contributed by atoms with Gasteiger partial charge in [0.2, 0.25) is 10.8 Å². The number of benzene rings is 1. The molecule has 2 fully saturated rings. The summed E-state index contributed by atoms with van der Waals surface area (Å²) in [5, 5.41) is 0. The van der Waals surface area contributed by atoms with Crippen LogP contribution in [0.5, 0.6) is 5.75 Å². The first-order valence-corrected chi connectivity index (χ1v) is 11.7. The minimum absolute atomic E-state index is 0.0297. The topological polar surface area (TPSA) is 52.8 Å². The summed E-state index contributed by atoms with van der Waals surface area (Å²) in [6.07, 6.45) is 1.79. The van der Waals surface area contributed by atoms with Gasteiger partial charge in [0, 0.05) is 13.2 Å². The molecule has 2 saturated heterocycles. The molecule has 0 N–H and O–H groups in total. The van der Waals surface area contributed by atoms with E-state index in [9.17, 15) is 0 Å². The fourth-order valence-electron chi connectivity index (χ4n) is 3.65. The fraction of sp³-hybridized carbons (Fsp3) is 0.684. The number of rotatable bonds is 10. The van der Waals surface area contributed by atoms with Gasteiger partial charge in [0.1, 0.15) is 18.0 Å². The van der Waals surface area contributed by atoms with Crippen molar-refractivity contribution in [1.29, 1.82) is 0 Å². The van der Waals surface area contributed by atoms with Crippen LogP contribution in [-0.4, -0.2) is 44.6 Å². The highest BCUT2D eigenvalue weighted by Crippen LogP contribution is 2.57. The van der Waals surface area contributed by atoms with E-state index in [4.69, 9.17) is 23.4 Å². The lowest BCUT2D eigenvalue weighted by atomic mass is 10.3. The second-order valence-corrected chi connectivity index (χ2v) is 10.7. The van der Waals surface area contributed by atoms with E-state index in [1.165, 1.54) is 0 Å². The van der Waals surface area contributed by atoms with Crippen LogP contribution in [0.4, 0.5) is 0 Å². The lowest BCUT2D eigenvalue weighted by Gasteiger charge is -2.38. The quantitative estimate of drug-likeness (QED) is 0.466. The highest BCUT2D eigenvalue weighted by atomic mass is 28.4. The Labute approximate surface area is 151 Å². The van der Waals surface area contributed by atoms with Crippen LogP contribution < -0.4 is 4.43 Å². The zero-order chi connectivity index (χ0) is 18.1. The number of hydrogen-bond donors (Lipinski definition) is 0. The Bertz CT molecular complexity index is 554. The van der Waals surface area contributed by atoms with E-state index in [1.807, 2.05) is 44.2 Å². The molecule has 2 aliphatic rings. The molecule has 25 heavy (non-hydrogen) atoms. The molecule has 0 aliphatic carbocycles. The van der Waals surface area contributed by atoms with E-state index >= 15 is 0 Å². The number of para-hydroxylation sites is 1. The molecule has 4 unspecified atom stereocenters. The molecule has 1 aromatic rings. The number of hydrogen-bond acceptors (Lipinski definition) is 5. The molecule has 6 heteroatoms. The maximum atomic E-state index is 6.63. The minimum Gasteiger partial charge on any atom is -0.533 e. The average molecular weight is 367 g/mol. The highest BCUT2D eigenvalue weighted by Gasteiger charge is 2.86. The SMILES string of the molecule is CCCOC1([Si](C)(Oc2ccccc2)C2(OCCC)OC2C)OC1C. The molecule has 1 aromatic carbocycles. The average Bonchev–Trinajstić information content (AvgIpc) is 3.48. The Morgan fingerprint density at radius 2 is 1.36 bits per heavy atom. The summed E-state index contributed by atoms with van der Waals surface area (Å²) in [6, 6.07) is 9.85. The summed E-state index contributed by atoms with van der Waals surface area (Å²) in [7, 11) is -2.81. The van der Waals surface area contributed by atoms with Crippen LogP contribution in [0.3, 0.4) is 0 Å². The summed E-state index contributed by atoms with van der Waals surface area (Å²) in [5.41, 5.74) is -1.48. The third kappa shape index (κ3) is 3.04. The third-order valence-corrected chi connectivity index (χ3v) is 9.74. The van der Waals surface area contributed by atoms with Gasteiger partial charge in [-0.3, -0.25) is 0 Å². The molecule has 2 aliphatic heterocycles. The molecule has 0 radical (unpaired) electrons. The summed E-state index contributed by atoms with van der Waals surface area (Å²) in [5.74, 6) is 0.806. The molecular formula is C19H30O5Si. The van der Waals surface area contributed by atoms with E-state index in [-0.39, 0.29) is 12.2 Å². The summed E-state index contributed by atoms with van der Waals surface area (Å²) in [4.78, 5) is 0. The minimum atomic E-state index is -2.81. The third-order valence-electron chi connectivity index (χ3n) is 5.10. The smallest absolute Gasteiger partial charge is 0.376 e. The number of epoxide rings is 2. The molecule has 0 aromatic heterocycles. The lowest BCUT2D eigenvalue weighted by Crippen LogP contribution is -2.68. The summed E-state index contributed by atoms with van der Waals surface area (Å²) < 4.78 is 31.2. The van der Waals surface area contributed by atoms with Crippen molar-refractivity contribution >= 4 is 8.32 Å². The molecule has 0 saturated carbocycles. The van der Waals surface area contributed by atoms with Gasteiger partial charge in [-0.25, -0.2) is 0 Å². The maximum Gasteiger partial charge on any atom is 0.376 e. The molecule has 4 atom stereocenters. The normalized spacial score (nSPS) is 35.9.